The SMILES string of the molecule is C=C(C)C(=O)OCC(O)COC(=O)CCC(=O)N(C)CC. The van der Waals surface area contributed by atoms with Crippen LogP contribution in [-0.2, 0) is 23.9 Å². The van der Waals surface area contributed by atoms with Gasteiger partial charge in [-0.1, -0.05) is 6.58 Å². The van der Waals surface area contributed by atoms with Crippen molar-refractivity contribution in [3.05, 3.63) is 12.2 Å². The Balaban J connectivity index is 3.85. The third kappa shape index (κ3) is 8.80. The first-order valence-corrected chi connectivity index (χ1v) is 6.68. The normalized spacial score (nSPS) is 11.4. The van der Waals surface area contributed by atoms with Crippen molar-refractivity contribution in [3.8, 4) is 0 Å². The van der Waals surface area contributed by atoms with Crippen LogP contribution in [0.5, 0.6) is 0 Å². The minimum atomic E-state index is -1.11. The molecule has 0 spiro atoms. The number of ether oxygens (including phenoxy) is 2. The molecule has 0 aliphatic rings. The van der Waals surface area contributed by atoms with Gasteiger partial charge in [0.05, 0.1) is 6.42 Å². The number of aliphatic hydroxyl groups excluding tert-OH is 1. The quantitative estimate of drug-likeness (QED) is 0.485. The maximum Gasteiger partial charge on any atom is 0.333 e. The monoisotopic (exact) mass is 301 g/mol. The second-order valence-electron chi connectivity index (χ2n) is 4.62. The predicted octanol–water partition coefficient (Wildman–Crippen LogP) is 0.268. The third-order valence-corrected chi connectivity index (χ3v) is 2.64. The highest BCUT2D eigenvalue weighted by molar-refractivity contribution is 5.86. The molecule has 120 valence electrons. The largest absolute Gasteiger partial charge is 0.463 e. The number of hydrogen-bond donors (Lipinski definition) is 1. The summed E-state index contributed by atoms with van der Waals surface area (Å²) in [6, 6.07) is 0. The Morgan fingerprint density at radius 2 is 1.76 bits per heavy atom. The molecule has 21 heavy (non-hydrogen) atoms. The van der Waals surface area contributed by atoms with E-state index in [-0.39, 0.29) is 37.5 Å². The van der Waals surface area contributed by atoms with Crippen LogP contribution >= 0.6 is 0 Å². The molecule has 0 aromatic rings. The average Bonchev–Trinajstić information content (AvgIpc) is 2.46. The van der Waals surface area contributed by atoms with Crippen LogP contribution in [-0.4, -0.2) is 60.8 Å². The van der Waals surface area contributed by atoms with Crippen molar-refractivity contribution in [2.45, 2.75) is 32.8 Å². The van der Waals surface area contributed by atoms with E-state index in [4.69, 9.17) is 9.47 Å². The zero-order valence-corrected chi connectivity index (χ0v) is 12.8. The van der Waals surface area contributed by atoms with Crippen molar-refractivity contribution in [1.82, 2.24) is 4.90 Å². The smallest absolute Gasteiger partial charge is 0.333 e. The molecule has 0 aromatic carbocycles. The minimum Gasteiger partial charge on any atom is -0.463 e. The highest BCUT2D eigenvalue weighted by atomic mass is 16.6. The summed E-state index contributed by atoms with van der Waals surface area (Å²) in [5, 5.41) is 9.47. The summed E-state index contributed by atoms with van der Waals surface area (Å²) in [6.07, 6.45) is -1.10. The number of carbonyl (C=O) groups is 3. The summed E-state index contributed by atoms with van der Waals surface area (Å²) in [6.45, 7) is 6.71. The molecular formula is C14H23NO6. The molecule has 0 saturated heterocycles. The van der Waals surface area contributed by atoms with E-state index in [0.29, 0.717) is 6.54 Å². The van der Waals surface area contributed by atoms with Gasteiger partial charge in [0.1, 0.15) is 19.3 Å². The van der Waals surface area contributed by atoms with Gasteiger partial charge in [0.15, 0.2) is 0 Å². The molecule has 1 N–H and O–H groups in total. The standard InChI is InChI=1S/C14H23NO6/c1-5-15(4)12(17)6-7-13(18)20-8-11(16)9-21-14(19)10(2)3/h11,16H,2,5-9H2,1,3-4H3. The molecule has 0 aliphatic heterocycles. The van der Waals surface area contributed by atoms with Crippen LogP contribution in [0.1, 0.15) is 26.7 Å². The number of esters is 2. The fraction of sp³-hybridized carbons (Fsp3) is 0.643. The van der Waals surface area contributed by atoms with Gasteiger partial charge in [-0.05, 0) is 13.8 Å². The average molecular weight is 301 g/mol. The van der Waals surface area contributed by atoms with E-state index in [2.05, 4.69) is 6.58 Å². The highest BCUT2D eigenvalue weighted by Gasteiger charge is 2.14. The van der Waals surface area contributed by atoms with E-state index in [1.807, 2.05) is 6.92 Å². The zero-order chi connectivity index (χ0) is 16.4. The summed E-state index contributed by atoms with van der Waals surface area (Å²) in [5.41, 5.74) is 0.220. The summed E-state index contributed by atoms with van der Waals surface area (Å²) < 4.78 is 9.49. The van der Waals surface area contributed by atoms with Gasteiger partial charge >= 0.3 is 11.9 Å². The van der Waals surface area contributed by atoms with Gasteiger partial charge in [-0.15, -0.1) is 0 Å². The lowest BCUT2D eigenvalue weighted by atomic mass is 10.3. The summed E-state index contributed by atoms with van der Waals surface area (Å²) in [7, 11) is 1.65. The molecule has 0 saturated carbocycles. The maximum atomic E-state index is 11.5. The van der Waals surface area contributed by atoms with E-state index >= 15 is 0 Å². The molecule has 7 heteroatoms. The number of carbonyl (C=O) groups excluding carboxylic acids is 3. The second kappa shape index (κ2) is 9.93. The van der Waals surface area contributed by atoms with Gasteiger partial charge in [-0.3, -0.25) is 9.59 Å². The van der Waals surface area contributed by atoms with E-state index in [0.717, 1.165) is 0 Å². The topological polar surface area (TPSA) is 93.1 Å². The Kier molecular flexibility index (Phi) is 9.03. The van der Waals surface area contributed by atoms with E-state index in [9.17, 15) is 19.5 Å². The van der Waals surface area contributed by atoms with Crippen LogP contribution in [0.15, 0.2) is 12.2 Å². The molecule has 0 bridgehead atoms. The summed E-state index contributed by atoms with van der Waals surface area (Å²) in [5.74, 6) is -1.35. The molecule has 0 rings (SSSR count). The number of rotatable bonds is 9. The first-order valence-electron chi connectivity index (χ1n) is 6.68. The molecule has 1 unspecified atom stereocenters. The maximum absolute atomic E-state index is 11.5. The lowest BCUT2D eigenvalue weighted by Crippen LogP contribution is -2.28. The molecule has 1 amide bonds. The third-order valence-electron chi connectivity index (χ3n) is 2.64. The van der Waals surface area contributed by atoms with Gasteiger partial charge < -0.3 is 19.5 Å². The first kappa shape index (κ1) is 19.1. The van der Waals surface area contributed by atoms with Crippen molar-refractivity contribution in [1.29, 1.82) is 0 Å². The fourth-order valence-electron chi connectivity index (χ4n) is 1.18. The lowest BCUT2D eigenvalue weighted by Gasteiger charge is -2.14. The van der Waals surface area contributed by atoms with E-state index in [1.54, 1.807) is 7.05 Å². The van der Waals surface area contributed by atoms with Crippen LogP contribution in [0.25, 0.3) is 0 Å². The van der Waals surface area contributed by atoms with Crippen molar-refractivity contribution < 1.29 is 29.0 Å². The van der Waals surface area contributed by atoms with Gasteiger partial charge in [0.25, 0.3) is 0 Å². The number of nitrogens with zero attached hydrogens (tertiary/aromatic N) is 1. The van der Waals surface area contributed by atoms with E-state index < -0.39 is 18.0 Å². The minimum absolute atomic E-state index is 0.0541. The summed E-state index contributed by atoms with van der Waals surface area (Å²) in [4.78, 5) is 35.4. The van der Waals surface area contributed by atoms with Gasteiger partial charge in [-0.25, -0.2) is 4.79 Å². The van der Waals surface area contributed by atoms with E-state index in [1.165, 1.54) is 11.8 Å². The van der Waals surface area contributed by atoms with Crippen molar-refractivity contribution in [2.75, 3.05) is 26.8 Å². The Labute approximate surface area is 124 Å². The number of amides is 1. The van der Waals surface area contributed by atoms with Crippen LogP contribution in [0.2, 0.25) is 0 Å². The van der Waals surface area contributed by atoms with Gasteiger partial charge in [0, 0.05) is 25.6 Å². The van der Waals surface area contributed by atoms with Crippen LogP contribution < -0.4 is 0 Å². The van der Waals surface area contributed by atoms with Crippen LogP contribution in [0, 0.1) is 0 Å². The van der Waals surface area contributed by atoms with Crippen molar-refractivity contribution >= 4 is 17.8 Å². The highest BCUT2D eigenvalue weighted by Crippen LogP contribution is 2.00. The van der Waals surface area contributed by atoms with Crippen LogP contribution in [0.4, 0.5) is 0 Å². The van der Waals surface area contributed by atoms with Crippen LogP contribution in [0.3, 0.4) is 0 Å². The van der Waals surface area contributed by atoms with Crippen molar-refractivity contribution in [2.24, 2.45) is 0 Å². The molecule has 0 aromatic heterocycles. The van der Waals surface area contributed by atoms with Gasteiger partial charge in [-0.2, -0.15) is 0 Å². The Morgan fingerprint density at radius 1 is 1.19 bits per heavy atom. The van der Waals surface area contributed by atoms with Crippen molar-refractivity contribution in [3.63, 3.8) is 0 Å². The molecule has 0 aliphatic carbocycles. The Bertz CT molecular complexity index is 393. The number of aliphatic hydroxyl groups is 1. The molecular weight excluding hydrogens is 278 g/mol. The first-order chi connectivity index (χ1) is 9.77. The van der Waals surface area contributed by atoms with Gasteiger partial charge in [0.2, 0.25) is 5.91 Å². The molecule has 7 nitrogen and oxygen atoms in total. The zero-order valence-electron chi connectivity index (χ0n) is 12.8. The molecule has 1 atom stereocenters. The molecule has 0 radical (unpaired) electrons. The Hall–Kier alpha value is -1.89. The molecule has 0 heterocycles. The predicted molar refractivity (Wildman–Crippen MR) is 75.3 cm³/mol. The molecule has 0 fully saturated rings. The number of hydrogen-bond acceptors (Lipinski definition) is 6. The summed E-state index contributed by atoms with van der Waals surface area (Å²) >= 11 is 0. The second-order valence-corrected chi connectivity index (χ2v) is 4.62. The lowest BCUT2D eigenvalue weighted by molar-refractivity contribution is -0.151. The Morgan fingerprint density at radius 3 is 2.29 bits per heavy atom. The fourth-order valence-corrected chi connectivity index (χ4v) is 1.18.